The molecule has 2 heteroatoms. The Kier molecular flexibility index (Phi) is 5.85. The van der Waals surface area contributed by atoms with Crippen LogP contribution >= 0.6 is 0 Å². The van der Waals surface area contributed by atoms with E-state index in [9.17, 15) is 9.59 Å². The molecule has 0 aliphatic heterocycles. The van der Waals surface area contributed by atoms with Crippen molar-refractivity contribution >= 4 is 22.3 Å². The minimum atomic E-state index is -0.0201. The lowest BCUT2D eigenvalue weighted by Gasteiger charge is -2.21. The van der Waals surface area contributed by atoms with E-state index in [0.29, 0.717) is 22.3 Å². The molecular weight excluding hydrogens is 368 g/mol. The minimum Gasteiger partial charge on any atom is -0.289 e. The summed E-state index contributed by atoms with van der Waals surface area (Å²) in [7, 11) is 0. The minimum absolute atomic E-state index is 0.0131. The van der Waals surface area contributed by atoms with Gasteiger partial charge in [-0.1, -0.05) is 51.8 Å². The van der Waals surface area contributed by atoms with Gasteiger partial charge < -0.3 is 0 Å². The lowest BCUT2D eigenvalue weighted by Crippen LogP contribution is -2.22. The second-order valence-electron chi connectivity index (χ2n) is 8.46. The molecule has 0 heterocycles. The molecule has 4 rings (SSSR count). The van der Waals surface area contributed by atoms with Gasteiger partial charge in [0, 0.05) is 22.3 Å². The number of carbonyl (C=O) groups excluding carboxylic acids is 2. The van der Waals surface area contributed by atoms with E-state index < -0.39 is 0 Å². The first-order valence-corrected chi connectivity index (χ1v) is 11.4. The van der Waals surface area contributed by atoms with Crippen molar-refractivity contribution in [3.63, 3.8) is 0 Å². The van der Waals surface area contributed by atoms with E-state index in [1.165, 1.54) is 16.7 Å². The maximum Gasteiger partial charge on any atom is 0.194 e. The molecule has 0 spiro atoms. The van der Waals surface area contributed by atoms with Crippen molar-refractivity contribution in [3.8, 4) is 0 Å². The molecular formula is C28H30O2. The maximum atomic E-state index is 13.4. The van der Waals surface area contributed by atoms with Gasteiger partial charge in [-0.2, -0.15) is 0 Å². The number of benzene rings is 3. The fourth-order valence-corrected chi connectivity index (χ4v) is 4.54. The van der Waals surface area contributed by atoms with Crippen LogP contribution in [0.15, 0.2) is 42.5 Å². The second kappa shape index (κ2) is 8.55. The maximum absolute atomic E-state index is 13.4. The standard InChI is InChI=1S/C28H30O2/c1-4-7-9-18-11-12-21-16-25-26(17-22(21)13-18)28(30)24-15-20(10-8-5-2)19(6-3)14-23(24)27(25)29/h11-17H,4-10H2,1-3H3. The van der Waals surface area contributed by atoms with Gasteiger partial charge in [0.1, 0.15) is 0 Å². The average Bonchev–Trinajstić information content (AvgIpc) is 2.78. The molecule has 30 heavy (non-hydrogen) atoms. The molecule has 0 fully saturated rings. The van der Waals surface area contributed by atoms with Crippen molar-refractivity contribution in [1.82, 2.24) is 0 Å². The van der Waals surface area contributed by atoms with Crippen LogP contribution in [-0.4, -0.2) is 11.6 Å². The molecule has 0 radical (unpaired) electrons. The van der Waals surface area contributed by atoms with Crippen LogP contribution in [0.3, 0.4) is 0 Å². The van der Waals surface area contributed by atoms with Gasteiger partial charge in [0.2, 0.25) is 0 Å². The molecule has 3 aromatic carbocycles. The highest BCUT2D eigenvalue weighted by atomic mass is 16.1. The van der Waals surface area contributed by atoms with Crippen LogP contribution in [0.2, 0.25) is 0 Å². The Morgan fingerprint density at radius 1 is 0.600 bits per heavy atom. The van der Waals surface area contributed by atoms with E-state index in [4.69, 9.17) is 0 Å². The molecule has 0 N–H and O–H groups in total. The summed E-state index contributed by atoms with van der Waals surface area (Å²) >= 11 is 0. The molecule has 0 amide bonds. The fourth-order valence-electron chi connectivity index (χ4n) is 4.54. The van der Waals surface area contributed by atoms with Crippen molar-refractivity contribution in [1.29, 1.82) is 0 Å². The van der Waals surface area contributed by atoms with Gasteiger partial charge >= 0.3 is 0 Å². The molecule has 2 nitrogen and oxygen atoms in total. The Balaban J connectivity index is 1.82. The topological polar surface area (TPSA) is 34.1 Å². The average molecular weight is 399 g/mol. The summed E-state index contributed by atoms with van der Waals surface area (Å²) in [6.07, 6.45) is 7.39. The van der Waals surface area contributed by atoms with E-state index in [1.54, 1.807) is 0 Å². The van der Waals surface area contributed by atoms with E-state index >= 15 is 0 Å². The largest absolute Gasteiger partial charge is 0.289 e. The molecule has 154 valence electrons. The van der Waals surface area contributed by atoms with Crippen LogP contribution < -0.4 is 0 Å². The third-order valence-corrected chi connectivity index (χ3v) is 6.36. The summed E-state index contributed by atoms with van der Waals surface area (Å²) in [4.78, 5) is 26.8. The van der Waals surface area contributed by atoms with Gasteiger partial charge in [0.05, 0.1) is 0 Å². The van der Waals surface area contributed by atoms with Crippen LogP contribution in [0.5, 0.6) is 0 Å². The zero-order chi connectivity index (χ0) is 21.3. The summed E-state index contributed by atoms with van der Waals surface area (Å²) in [5, 5.41) is 2.07. The Hall–Kier alpha value is -2.74. The molecule has 0 bridgehead atoms. The third-order valence-electron chi connectivity index (χ3n) is 6.36. The zero-order valence-corrected chi connectivity index (χ0v) is 18.3. The monoisotopic (exact) mass is 398 g/mol. The Bertz CT molecular complexity index is 1140. The van der Waals surface area contributed by atoms with Gasteiger partial charge in [-0.15, -0.1) is 0 Å². The summed E-state index contributed by atoms with van der Waals surface area (Å²) in [6, 6.07) is 14.2. The predicted octanol–water partition coefficient (Wildman–Crippen LogP) is 6.86. The number of hydrogen-bond donors (Lipinski definition) is 0. The van der Waals surface area contributed by atoms with Gasteiger partial charge in [-0.3, -0.25) is 9.59 Å². The molecule has 0 saturated carbocycles. The lowest BCUT2D eigenvalue weighted by molar-refractivity contribution is 0.0979. The van der Waals surface area contributed by atoms with Gasteiger partial charge in [0.25, 0.3) is 0 Å². The first-order valence-electron chi connectivity index (χ1n) is 11.4. The first-order chi connectivity index (χ1) is 14.6. The van der Waals surface area contributed by atoms with E-state index in [-0.39, 0.29) is 11.6 Å². The quantitative estimate of drug-likeness (QED) is 0.341. The fraction of sp³-hybridized carbons (Fsp3) is 0.357. The number of fused-ring (bicyclic) bond motifs is 3. The number of rotatable bonds is 7. The summed E-state index contributed by atoms with van der Waals surface area (Å²) in [6.45, 7) is 6.48. The number of hydrogen-bond acceptors (Lipinski definition) is 2. The number of ketones is 2. The predicted molar refractivity (Wildman–Crippen MR) is 124 cm³/mol. The van der Waals surface area contributed by atoms with Crippen LogP contribution in [0.1, 0.15) is 95.0 Å². The van der Waals surface area contributed by atoms with Crippen LogP contribution in [-0.2, 0) is 19.3 Å². The Morgan fingerprint density at radius 3 is 1.80 bits per heavy atom. The zero-order valence-electron chi connectivity index (χ0n) is 18.3. The summed E-state index contributed by atoms with van der Waals surface area (Å²) in [5.41, 5.74) is 5.94. The number of aryl methyl sites for hydroxylation is 3. The molecule has 1 aliphatic rings. The highest BCUT2D eigenvalue weighted by molar-refractivity contribution is 6.29. The smallest absolute Gasteiger partial charge is 0.194 e. The van der Waals surface area contributed by atoms with E-state index in [0.717, 1.165) is 55.7 Å². The second-order valence-corrected chi connectivity index (χ2v) is 8.46. The van der Waals surface area contributed by atoms with Gasteiger partial charge in [-0.25, -0.2) is 0 Å². The van der Waals surface area contributed by atoms with Crippen molar-refractivity contribution in [2.45, 2.75) is 65.7 Å². The van der Waals surface area contributed by atoms with Crippen molar-refractivity contribution in [2.24, 2.45) is 0 Å². The summed E-state index contributed by atoms with van der Waals surface area (Å²) in [5.74, 6) is -0.0332. The molecule has 0 saturated heterocycles. The van der Waals surface area contributed by atoms with E-state index in [1.807, 2.05) is 24.3 Å². The third kappa shape index (κ3) is 3.60. The van der Waals surface area contributed by atoms with Crippen molar-refractivity contribution in [2.75, 3.05) is 0 Å². The molecule has 0 aromatic heterocycles. The molecule has 0 atom stereocenters. The highest BCUT2D eigenvalue weighted by Crippen LogP contribution is 2.33. The Labute approximate surface area is 179 Å². The van der Waals surface area contributed by atoms with E-state index in [2.05, 4.69) is 39.0 Å². The number of unbranched alkanes of at least 4 members (excludes halogenated alkanes) is 2. The Morgan fingerprint density at radius 2 is 1.17 bits per heavy atom. The highest BCUT2D eigenvalue weighted by Gasteiger charge is 2.31. The summed E-state index contributed by atoms with van der Waals surface area (Å²) < 4.78 is 0. The van der Waals surface area contributed by atoms with Crippen molar-refractivity contribution in [3.05, 3.63) is 81.4 Å². The van der Waals surface area contributed by atoms with Gasteiger partial charge in [-0.05, 0) is 83.8 Å². The SMILES string of the molecule is CCCCc1ccc2cc3c(cc2c1)C(=O)c1cc(CCCC)c(CC)cc1C3=O. The van der Waals surface area contributed by atoms with Crippen LogP contribution in [0.4, 0.5) is 0 Å². The molecule has 0 unspecified atom stereocenters. The van der Waals surface area contributed by atoms with Crippen LogP contribution in [0, 0.1) is 0 Å². The molecule has 1 aliphatic carbocycles. The normalized spacial score (nSPS) is 12.9. The molecule has 3 aromatic rings. The lowest BCUT2D eigenvalue weighted by atomic mass is 9.80. The van der Waals surface area contributed by atoms with Crippen molar-refractivity contribution < 1.29 is 9.59 Å². The van der Waals surface area contributed by atoms with Gasteiger partial charge in [0.15, 0.2) is 11.6 Å². The van der Waals surface area contributed by atoms with Crippen LogP contribution in [0.25, 0.3) is 10.8 Å². The first kappa shape index (κ1) is 20.5. The number of carbonyl (C=O) groups is 2.